The van der Waals surface area contributed by atoms with E-state index in [1.807, 2.05) is 12.1 Å². The molecule has 2 saturated heterocycles. The Morgan fingerprint density at radius 2 is 1.91 bits per heavy atom. The molecule has 2 heterocycles. The van der Waals surface area contributed by atoms with Crippen LogP contribution in [0.15, 0.2) is 35.9 Å². The zero-order valence-electron chi connectivity index (χ0n) is 19.5. The average Bonchev–Trinajstić information content (AvgIpc) is 3.11. The number of benzene rings is 1. The van der Waals surface area contributed by atoms with Crippen molar-refractivity contribution in [1.29, 1.82) is 0 Å². The van der Waals surface area contributed by atoms with Crippen LogP contribution in [0.4, 0.5) is 5.69 Å². The van der Waals surface area contributed by atoms with Gasteiger partial charge in [-0.3, -0.25) is 9.69 Å². The van der Waals surface area contributed by atoms with Gasteiger partial charge in [-0.1, -0.05) is 25.5 Å². The summed E-state index contributed by atoms with van der Waals surface area (Å²) in [5, 5.41) is 11.5. The first-order valence-corrected chi connectivity index (χ1v) is 12.1. The molecule has 0 radical (unpaired) electrons. The standard InChI is InChI=1S/C26H36N2O4/c1-17-5-4-6-18-15-22-23(24(29)26(17,18)2)21(25(30)32-22)16-27-11-13-28(14-12-27)19-7-9-20(31-3)10-8-19/h6-10,17,21-24,29H,4-5,11-16H2,1-3H3/t17-,21-,22-,23-,24-,26-/m1/s1. The number of nitrogens with zero attached hydrogens (tertiary/aromatic N) is 2. The van der Waals surface area contributed by atoms with E-state index in [0.29, 0.717) is 12.5 Å². The molecule has 32 heavy (non-hydrogen) atoms. The van der Waals surface area contributed by atoms with Crippen LogP contribution in [0, 0.1) is 23.2 Å². The Morgan fingerprint density at radius 3 is 2.59 bits per heavy atom. The van der Waals surface area contributed by atoms with E-state index >= 15 is 0 Å². The summed E-state index contributed by atoms with van der Waals surface area (Å²) < 4.78 is 11.1. The van der Waals surface area contributed by atoms with Crippen LogP contribution in [-0.4, -0.2) is 68.0 Å². The Labute approximate surface area is 191 Å². The van der Waals surface area contributed by atoms with Crippen molar-refractivity contribution in [2.75, 3.05) is 44.7 Å². The molecule has 1 saturated carbocycles. The lowest BCUT2D eigenvalue weighted by atomic mass is 9.55. The van der Waals surface area contributed by atoms with Crippen LogP contribution in [0.3, 0.4) is 0 Å². The number of esters is 1. The highest BCUT2D eigenvalue weighted by Crippen LogP contribution is 2.56. The van der Waals surface area contributed by atoms with Gasteiger partial charge in [0.1, 0.15) is 11.9 Å². The summed E-state index contributed by atoms with van der Waals surface area (Å²) >= 11 is 0. The lowest BCUT2D eigenvalue weighted by Crippen LogP contribution is -2.55. The van der Waals surface area contributed by atoms with Gasteiger partial charge < -0.3 is 19.5 Å². The lowest BCUT2D eigenvalue weighted by molar-refractivity contribution is -0.145. The van der Waals surface area contributed by atoms with Gasteiger partial charge in [-0.05, 0) is 43.0 Å². The van der Waals surface area contributed by atoms with E-state index in [1.54, 1.807) is 7.11 Å². The Hall–Kier alpha value is -2.05. The zero-order chi connectivity index (χ0) is 22.5. The minimum atomic E-state index is -0.528. The molecule has 0 bridgehead atoms. The molecule has 0 unspecified atom stereocenters. The number of hydrogen-bond acceptors (Lipinski definition) is 6. The van der Waals surface area contributed by atoms with Crippen LogP contribution < -0.4 is 9.64 Å². The molecule has 2 aliphatic carbocycles. The van der Waals surface area contributed by atoms with E-state index in [-0.39, 0.29) is 29.3 Å². The lowest BCUT2D eigenvalue weighted by Gasteiger charge is -2.52. The molecule has 1 aromatic rings. The van der Waals surface area contributed by atoms with Gasteiger partial charge in [0, 0.05) is 56.2 Å². The van der Waals surface area contributed by atoms with E-state index in [1.165, 1.54) is 11.3 Å². The number of allylic oxidation sites excluding steroid dienone is 1. The summed E-state index contributed by atoms with van der Waals surface area (Å²) in [5.74, 6) is 0.821. The first-order valence-electron chi connectivity index (χ1n) is 12.1. The molecule has 0 amide bonds. The van der Waals surface area contributed by atoms with Crippen molar-refractivity contribution in [1.82, 2.24) is 4.90 Å². The quantitative estimate of drug-likeness (QED) is 0.574. The largest absolute Gasteiger partial charge is 0.497 e. The number of aliphatic hydroxyl groups excluding tert-OH is 1. The Morgan fingerprint density at radius 1 is 1.19 bits per heavy atom. The summed E-state index contributed by atoms with van der Waals surface area (Å²) in [4.78, 5) is 17.6. The third kappa shape index (κ3) is 3.52. The first kappa shape index (κ1) is 21.8. The zero-order valence-corrected chi connectivity index (χ0v) is 19.5. The smallest absolute Gasteiger partial charge is 0.311 e. The number of hydrogen-bond donors (Lipinski definition) is 1. The van der Waals surface area contributed by atoms with Crippen LogP contribution >= 0.6 is 0 Å². The highest BCUT2D eigenvalue weighted by atomic mass is 16.6. The highest BCUT2D eigenvalue weighted by molar-refractivity contribution is 5.76. The van der Waals surface area contributed by atoms with E-state index in [9.17, 15) is 9.90 Å². The topological polar surface area (TPSA) is 62.2 Å². The number of piperazine rings is 1. The molecule has 5 rings (SSSR count). The summed E-state index contributed by atoms with van der Waals surface area (Å²) in [6.45, 7) is 8.79. The van der Waals surface area contributed by atoms with Gasteiger partial charge in [-0.15, -0.1) is 0 Å². The predicted octanol–water partition coefficient (Wildman–Crippen LogP) is 3.10. The van der Waals surface area contributed by atoms with Gasteiger partial charge in [0.15, 0.2) is 0 Å². The summed E-state index contributed by atoms with van der Waals surface area (Å²) in [5.41, 5.74) is 2.26. The number of ether oxygens (including phenoxy) is 2. The molecular formula is C26H36N2O4. The van der Waals surface area contributed by atoms with Crippen molar-refractivity contribution < 1.29 is 19.4 Å². The van der Waals surface area contributed by atoms with E-state index in [2.05, 4.69) is 41.9 Å². The molecule has 0 spiro atoms. The molecule has 6 atom stereocenters. The van der Waals surface area contributed by atoms with Gasteiger partial charge in [-0.25, -0.2) is 0 Å². The van der Waals surface area contributed by atoms with Crippen molar-refractivity contribution in [3.8, 4) is 5.75 Å². The van der Waals surface area contributed by atoms with Crippen LogP contribution in [0.5, 0.6) is 5.75 Å². The van der Waals surface area contributed by atoms with Crippen LogP contribution in [0.25, 0.3) is 0 Å². The second-order valence-corrected chi connectivity index (χ2v) is 10.3. The molecule has 2 aliphatic heterocycles. The number of methoxy groups -OCH3 is 1. The van der Waals surface area contributed by atoms with Crippen LogP contribution in [0.2, 0.25) is 0 Å². The van der Waals surface area contributed by atoms with Gasteiger partial charge in [0.2, 0.25) is 0 Å². The summed E-state index contributed by atoms with van der Waals surface area (Å²) in [7, 11) is 1.68. The molecular weight excluding hydrogens is 404 g/mol. The third-order valence-corrected chi connectivity index (χ3v) is 8.84. The fourth-order valence-electron chi connectivity index (χ4n) is 6.53. The fourth-order valence-corrected chi connectivity index (χ4v) is 6.53. The number of aliphatic hydroxyl groups is 1. The van der Waals surface area contributed by atoms with E-state index in [0.717, 1.165) is 51.2 Å². The SMILES string of the molecule is COc1ccc(N2CCN(C[C@H]3C(=O)O[C@@H]4CC5=CCC[C@@H](C)[C@@]5(C)[C@H](O)[C@@H]43)CC2)cc1. The third-order valence-electron chi connectivity index (χ3n) is 8.84. The fraction of sp³-hybridized carbons (Fsp3) is 0.654. The maximum absolute atomic E-state index is 12.9. The molecule has 174 valence electrons. The first-order chi connectivity index (χ1) is 15.4. The molecule has 4 aliphatic rings. The number of anilines is 1. The predicted molar refractivity (Wildman–Crippen MR) is 124 cm³/mol. The molecule has 1 aromatic carbocycles. The van der Waals surface area contributed by atoms with Crippen molar-refractivity contribution in [3.05, 3.63) is 35.9 Å². The van der Waals surface area contributed by atoms with Crippen LogP contribution in [-0.2, 0) is 9.53 Å². The van der Waals surface area contributed by atoms with Crippen molar-refractivity contribution in [2.24, 2.45) is 23.2 Å². The number of carbonyl (C=O) groups is 1. The normalized spacial score (nSPS) is 37.4. The van der Waals surface area contributed by atoms with Gasteiger partial charge in [0.25, 0.3) is 0 Å². The second-order valence-electron chi connectivity index (χ2n) is 10.3. The Bertz CT molecular complexity index is 876. The Balaban J connectivity index is 1.25. The summed E-state index contributed by atoms with van der Waals surface area (Å²) in [6.07, 6.45) is 4.54. The van der Waals surface area contributed by atoms with Crippen molar-refractivity contribution in [2.45, 2.75) is 45.3 Å². The maximum Gasteiger partial charge on any atom is 0.311 e. The minimum Gasteiger partial charge on any atom is -0.497 e. The van der Waals surface area contributed by atoms with Gasteiger partial charge in [0.05, 0.1) is 19.1 Å². The Kier molecular flexibility index (Phi) is 5.70. The number of rotatable bonds is 4. The molecule has 1 N–H and O–H groups in total. The monoisotopic (exact) mass is 440 g/mol. The highest BCUT2D eigenvalue weighted by Gasteiger charge is 2.59. The second kappa shape index (κ2) is 8.38. The van der Waals surface area contributed by atoms with Crippen LogP contribution in [0.1, 0.15) is 33.1 Å². The molecule has 0 aromatic heterocycles. The number of carbonyl (C=O) groups excluding carboxylic acids is 1. The van der Waals surface area contributed by atoms with E-state index < -0.39 is 6.10 Å². The van der Waals surface area contributed by atoms with Crippen molar-refractivity contribution >= 4 is 11.7 Å². The number of fused-ring (bicyclic) bond motifs is 2. The molecule has 3 fully saturated rings. The molecule has 6 nitrogen and oxygen atoms in total. The van der Waals surface area contributed by atoms with Crippen molar-refractivity contribution in [3.63, 3.8) is 0 Å². The van der Waals surface area contributed by atoms with Gasteiger partial charge in [-0.2, -0.15) is 0 Å². The average molecular weight is 441 g/mol. The minimum absolute atomic E-state index is 0.107. The molecule has 6 heteroatoms. The van der Waals surface area contributed by atoms with Gasteiger partial charge >= 0.3 is 5.97 Å². The maximum atomic E-state index is 12.9. The summed E-state index contributed by atoms with van der Waals surface area (Å²) in [6, 6.07) is 8.19. The van der Waals surface area contributed by atoms with E-state index in [4.69, 9.17) is 9.47 Å².